The van der Waals surface area contributed by atoms with Crippen molar-refractivity contribution in [2.75, 3.05) is 20.1 Å². The summed E-state index contributed by atoms with van der Waals surface area (Å²) in [6.45, 7) is 1.24. The monoisotopic (exact) mass is 372 g/mol. The molecule has 2 aromatic heterocycles. The van der Waals surface area contributed by atoms with Gasteiger partial charge in [0, 0.05) is 20.1 Å². The number of nitrogens with one attached hydrogen (secondary N) is 2. The number of pyridine rings is 1. The molecule has 2 N–H and O–H groups in total. The standard InChI is InChI=1S/C17H17ClN6O2/c1-20-17(25)14-6-12(22-9-23-14)13-4-10(5-16(18)24-13)15-8-21-7-11(26-15)2-3-19/h4-6,9,11,15,21H,2,7-8H2,1H3,(H,20,25)/t11-,15+/m1/s1. The van der Waals surface area contributed by atoms with Crippen molar-refractivity contribution in [2.45, 2.75) is 18.6 Å². The molecule has 0 aliphatic carbocycles. The van der Waals surface area contributed by atoms with Crippen LogP contribution in [-0.2, 0) is 4.74 Å². The van der Waals surface area contributed by atoms with Crippen LogP contribution < -0.4 is 10.6 Å². The fraction of sp³-hybridized carbons (Fsp3) is 0.353. The number of aromatic nitrogens is 3. The number of rotatable bonds is 4. The van der Waals surface area contributed by atoms with Gasteiger partial charge in [0.15, 0.2) is 0 Å². The summed E-state index contributed by atoms with van der Waals surface area (Å²) in [6, 6.07) is 7.23. The summed E-state index contributed by atoms with van der Waals surface area (Å²) >= 11 is 6.18. The van der Waals surface area contributed by atoms with Gasteiger partial charge in [0.2, 0.25) is 0 Å². The Labute approximate surface area is 155 Å². The molecule has 26 heavy (non-hydrogen) atoms. The number of nitrogens with zero attached hydrogens (tertiary/aromatic N) is 4. The van der Waals surface area contributed by atoms with Crippen molar-refractivity contribution in [3.63, 3.8) is 0 Å². The molecular formula is C17H17ClN6O2. The van der Waals surface area contributed by atoms with Gasteiger partial charge < -0.3 is 15.4 Å². The first-order chi connectivity index (χ1) is 12.6. The van der Waals surface area contributed by atoms with Crippen LogP contribution in [0.5, 0.6) is 0 Å². The lowest BCUT2D eigenvalue weighted by atomic mass is 10.1. The third-order valence-corrected chi connectivity index (χ3v) is 4.15. The number of hydrogen-bond donors (Lipinski definition) is 2. The number of morpholine rings is 1. The van der Waals surface area contributed by atoms with Crippen LogP contribution in [0, 0.1) is 11.3 Å². The highest BCUT2D eigenvalue weighted by Crippen LogP contribution is 2.28. The Hall–Kier alpha value is -2.60. The van der Waals surface area contributed by atoms with E-state index in [0.29, 0.717) is 36.1 Å². The predicted molar refractivity (Wildman–Crippen MR) is 94.4 cm³/mol. The molecule has 0 spiro atoms. The van der Waals surface area contributed by atoms with Gasteiger partial charge in [-0.1, -0.05) is 11.6 Å². The lowest BCUT2D eigenvalue weighted by molar-refractivity contribution is -0.0359. The van der Waals surface area contributed by atoms with Crippen molar-refractivity contribution in [1.82, 2.24) is 25.6 Å². The summed E-state index contributed by atoms with van der Waals surface area (Å²) in [5.74, 6) is -0.310. The zero-order valence-corrected chi connectivity index (χ0v) is 14.8. The van der Waals surface area contributed by atoms with Crippen LogP contribution in [0.3, 0.4) is 0 Å². The second-order valence-corrected chi connectivity index (χ2v) is 6.13. The van der Waals surface area contributed by atoms with Crippen LogP contribution in [0.1, 0.15) is 28.6 Å². The largest absolute Gasteiger partial charge is 0.367 e. The summed E-state index contributed by atoms with van der Waals surface area (Å²) in [4.78, 5) is 24.2. The molecule has 3 heterocycles. The average molecular weight is 373 g/mol. The van der Waals surface area contributed by atoms with Crippen LogP contribution in [-0.4, -0.2) is 47.1 Å². The van der Waals surface area contributed by atoms with Gasteiger partial charge in [-0.3, -0.25) is 4.79 Å². The Bertz CT molecular complexity index is 853. The summed E-state index contributed by atoms with van der Waals surface area (Å²) in [5.41, 5.74) is 2.08. The van der Waals surface area contributed by atoms with Gasteiger partial charge in [0.05, 0.1) is 36.1 Å². The minimum Gasteiger partial charge on any atom is -0.367 e. The van der Waals surface area contributed by atoms with Gasteiger partial charge in [-0.2, -0.15) is 5.26 Å². The van der Waals surface area contributed by atoms with Crippen molar-refractivity contribution >= 4 is 17.5 Å². The van der Waals surface area contributed by atoms with Gasteiger partial charge in [-0.15, -0.1) is 0 Å². The Morgan fingerprint density at radius 3 is 3.00 bits per heavy atom. The van der Waals surface area contributed by atoms with E-state index < -0.39 is 0 Å². The highest BCUT2D eigenvalue weighted by molar-refractivity contribution is 6.29. The molecule has 2 atom stereocenters. The minimum absolute atomic E-state index is 0.173. The van der Waals surface area contributed by atoms with Crippen LogP contribution in [0.15, 0.2) is 24.5 Å². The zero-order valence-electron chi connectivity index (χ0n) is 14.1. The first kappa shape index (κ1) is 18.2. The molecule has 3 rings (SSSR count). The molecule has 1 amide bonds. The van der Waals surface area contributed by atoms with Crippen molar-refractivity contribution in [2.24, 2.45) is 0 Å². The summed E-state index contributed by atoms with van der Waals surface area (Å²) in [6.07, 6.45) is 1.20. The van der Waals surface area contributed by atoms with Gasteiger partial charge >= 0.3 is 0 Å². The predicted octanol–water partition coefficient (Wildman–Crippen LogP) is 1.49. The maximum absolute atomic E-state index is 11.8. The Morgan fingerprint density at radius 1 is 1.38 bits per heavy atom. The molecule has 0 aromatic carbocycles. The maximum atomic E-state index is 11.8. The van der Waals surface area contributed by atoms with Gasteiger partial charge in [-0.25, -0.2) is 15.0 Å². The molecule has 0 radical (unpaired) electrons. The number of halogens is 1. The molecule has 134 valence electrons. The van der Waals surface area contributed by atoms with E-state index >= 15 is 0 Å². The minimum atomic E-state index is -0.310. The SMILES string of the molecule is CNC(=O)c1cc(-c2cc([C@@H]3CNC[C@@H](CC#N)O3)cc(Cl)n2)ncn1. The molecule has 8 nitrogen and oxygen atoms in total. The van der Waals surface area contributed by atoms with Crippen LogP contribution >= 0.6 is 11.6 Å². The quantitative estimate of drug-likeness (QED) is 0.782. The van der Waals surface area contributed by atoms with Crippen LogP contribution in [0.2, 0.25) is 5.15 Å². The van der Waals surface area contributed by atoms with E-state index in [9.17, 15) is 4.79 Å². The number of carbonyl (C=O) groups excluding carboxylic acids is 1. The Kier molecular flexibility index (Phi) is 5.73. The van der Waals surface area contributed by atoms with E-state index in [-0.39, 0.29) is 23.8 Å². The second-order valence-electron chi connectivity index (χ2n) is 5.74. The topological polar surface area (TPSA) is 113 Å². The fourth-order valence-electron chi connectivity index (χ4n) is 2.71. The van der Waals surface area contributed by atoms with Crippen LogP contribution in [0.4, 0.5) is 0 Å². The number of carbonyl (C=O) groups is 1. The summed E-state index contributed by atoms with van der Waals surface area (Å²) < 4.78 is 5.97. The highest BCUT2D eigenvalue weighted by Gasteiger charge is 2.24. The number of nitriles is 1. The van der Waals surface area contributed by atoms with Crippen molar-refractivity contribution < 1.29 is 9.53 Å². The van der Waals surface area contributed by atoms with E-state index in [4.69, 9.17) is 21.6 Å². The fourth-order valence-corrected chi connectivity index (χ4v) is 2.92. The van der Waals surface area contributed by atoms with Gasteiger partial charge in [-0.05, 0) is 23.8 Å². The average Bonchev–Trinajstić information content (AvgIpc) is 2.67. The summed E-state index contributed by atoms with van der Waals surface area (Å²) in [7, 11) is 1.53. The Morgan fingerprint density at radius 2 is 2.23 bits per heavy atom. The van der Waals surface area contributed by atoms with E-state index in [0.717, 1.165) is 5.56 Å². The molecule has 1 aliphatic rings. The van der Waals surface area contributed by atoms with E-state index in [2.05, 4.69) is 31.7 Å². The smallest absolute Gasteiger partial charge is 0.269 e. The molecule has 2 aromatic rings. The van der Waals surface area contributed by atoms with E-state index in [1.807, 2.05) is 6.07 Å². The van der Waals surface area contributed by atoms with Crippen LogP contribution in [0.25, 0.3) is 11.4 Å². The van der Waals surface area contributed by atoms with Gasteiger partial charge in [0.1, 0.15) is 17.2 Å². The van der Waals surface area contributed by atoms with Crippen molar-refractivity contribution in [3.8, 4) is 17.5 Å². The van der Waals surface area contributed by atoms with Crippen molar-refractivity contribution in [1.29, 1.82) is 5.26 Å². The highest BCUT2D eigenvalue weighted by atomic mass is 35.5. The Balaban J connectivity index is 1.91. The molecular weight excluding hydrogens is 356 g/mol. The first-order valence-corrected chi connectivity index (χ1v) is 8.43. The second kappa shape index (κ2) is 8.19. The molecule has 1 fully saturated rings. The molecule has 0 bridgehead atoms. The van der Waals surface area contributed by atoms with Crippen molar-refractivity contribution in [3.05, 3.63) is 40.9 Å². The third kappa shape index (κ3) is 4.14. The summed E-state index contributed by atoms with van der Waals surface area (Å²) in [5, 5.41) is 14.9. The first-order valence-electron chi connectivity index (χ1n) is 8.06. The van der Waals surface area contributed by atoms with E-state index in [1.54, 1.807) is 12.1 Å². The maximum Gasteiger partial charge on any atom is 0.269 e. The lowest BCUT2D eigenvalue weighted by Gasteiger charge is -2.30. The molecule has 0 unspecified atom stereocenters. The van der Waals surface area contributed by atoms with E-state index in [1.165, 1.54) is 13.4 Å². The lowest BCUT2D eigenvalue weighted by Crippen LogP contribution is -2.40. The molecule has 0 saturated carbocycles. The number of amides is 1. The third-order valence-electron chi connectivity index (χ3n) is 3.95. The number of hydrogen-bond acceptors (Lipinski definition) is 7. The molecule has 1 aliphatic heterocycles. The zero-order chi connectivity index (χ0) is 18.5. The number of ether oxygens (including phenoxy) is 1. The normalized spacial score (nSPS) is 19.6. The van der Waals surface area contributed by atoms with Gasteiger partial charge in [0.25, 0.3) is 5.91 Å². The molecule has 1 saturated heterocycles. The molecule has 9 heteroatoms.